The molecule has 0 aliphatic carbocycles. The third-order valence-corrected chi connectivity index (χ3v) is 4.30. The van der Waals surface area contributed by atoms with E-state index in [4.69, 9.17) is 23.8 Å². The number of H-pyrrole nitrogens is 1. The molecule has 0 bridgehead atoms. The highest BCUT2D eigenvalue weighted by atomic mass is 35.5. The number of hydrogen-bond donors (Lipinski definition) is 1. The van der Waals surface area contributed by atoms with E-state index in [0.717, 1.165) is 40.0 Å². The minimum Gasteiger partial charge on any atom is -0.346 e. The van der Waals surface area contributed by atoms with E-state index in [1.54, 1.807) is 11.8 Å². The van der Waals surface area contributed by atoms with Gasteiger partial charge in [-0.2, -0.15) is 0 Å². The monoisotopic (exact) mass is 310 g/mol. The lowest BCUT2D eigenvalue weighted by Gasteiger charge is -2.06. The van der Waals surface area contributed by atoms with Crippen LogP contribution in [0, 0.1) is 4.64 Å². The van der Waals surface area contributed by atoms with E-state index in [0.29, 0.717) is 4.64 Å². The number of nitrogens with one attached hydrogen (secondary N) is 1. The molecule has 0 amide bonds. The van der Waals surface area contributed by atoms with Gasteiger partial charge in [0, 0.05) is 10.6 Å². The predicted molar refractivity (Wildman–Crippen MR) is 84.4 cm³/mol. The number of aryl methyl sites for hydroxylation is 1. The average molecular weight is 311 g/mol. The molecule has 0 saturated carbocycles. The summed E-state index contributed by atoms with van der Waals surface area (Å²) in [5, 5.41) is 0.774. The maximum atomic E-state index is 6.13. The topological polar surface area (TPSA) is 28.7 Å². The molecule has 100 valence electrons. The van der Waals surface area contributed by atoms with Crippen molar-refractivity contribution in [3.63, 3.8) is 0 Å². The second-order valence-electron chi connectivity index (χ2n) is 4.16. The van der Waals surface area contributed by atoms with Gasteiger partial charge in [0.1, 0.15) is 10.5 Å². The summed E-state index contributed by atoms with van der Waals surface area (Å²) in [4.78, 5) is 8.75. The van der Waals surface area contributed by atoms with Gasteiger partial charge in [-0.15, -0.1) is 11.8 Å². The summed E-state index contributed by atoms with van der Waals surface area (Å²) in [6.07, 6.45) is 2.09. The molecule has 2 nitrogen and oxygen atoms in total. The first-order chi connectivity index (χ1) is 9.19. The van der Waals surface area contributed by atoms with Crippen molar-refractivity contribution < 1.29 is 0 Å². The molecule has 1 aromatic heterocycles. The van der Waals surface area contributed by atoms with Crippen LogP contribution in [-0.2, 0) is 12.2 Å². The molecule has 0 radical (unpaired) electrons. The van der Waals surface area contributed by atoms with Crippen LogP contribution in [0.4, 0.5) is 0 Å². The highest BCUT2D eigenvalue weighted by molar-refractivity contribution is 7.98. The van der Waals surface area contributed by atoms with Gasteiger partial charge in [-0.1, -0.05) is 49.3 Å². The van der Waals surface area contributed by atoms with Crippen molar-refractivity contribution in [3.8, 4) is 0 Å². The van der Waals surface area contributed by atoms with Crippen LogP contribution in [0.25, 0.3) is 0 Å². The quantitative estimate of drug-likeness (QED) is 0.619. The summed E-state index contributed by atoms with van der Waals surface area (Å²) in [5.74, 6) is 1.64. The molecular weight excluding hydrogens is 296 g/mol. The largest absolute Gasteiger partial charge is 0.346 e. The number of halogens is 1. The number of thioether (sulfide) groups is 1. The Morgan fingerprint density at radius 1 is 1.37 bits per heavy atom. The Morgan fingerprint density at radius 3 is 2.89 bits per heavy atom. The average Bonchev–Trinajstić information content (AvgIpc) is 2.37. The fourth-order valence-corrected chi connectivity index (χ4v) is 3.11. The van der Waals surface area contributed by atoms with Crippen LogP contribution < -0.4 is 0 Å². The summed E-state index contributed by atoms with van der Waals surface area (Å²) in [6, 6.07) is 9.75. The van der Waals surface area contributed by atoms with Crippen LogP contribution in [-0.4, -0.2) is 9.97 Å². The highest BCUT2D eigenvalue weighted by Crippen LogP contribution is 2.28. The van der Waals surface area contributed by atoms with E-state index >= 15 is 0 Å². The van der Waals surface area contributed by atoms with Crippen LogP contribution in [0.1, 0.15) is 24.9 Å². The summed E-state index contributed by atoms with van der Waals surface area (Å²) in [6.45, 7) is 2.15. The van der Waals surface area contributed by atoms with Gasteiger partial charge in [-0.3, -0.25) is 0 Å². The molecule has 1 heterocycles. The zero-order chi connectivity index (χ0) is 13.7. The number of benzene rings is 1. The Kier molecular flexibility index (Phi) is 5.43. The lowest BCUT2D eigenvalue weighted by molar-refractivity contribution is 0.850. The maximum Gasteiger partial charge on any atom is 0.130 e. The molecule has 0 atom stereocenters. The second-order valence-corrected chi connectivity index (χ2v) is 6.00. The zero-order valence-electron chi connectivity index (χ0n) is 10.6. The van der Waals surface area contributed by atoms with Crippen molar-refractivity contribution in [1.82, 2.24) is 9.97 Å². The standard InChI is InChI=1S/C14H15ClN2S2/c1-2-5-10-8-14(18)17-13(16-10)9-19-12-7-4-3-6-11(12)15/h3-4,6-8H,2,5,9H2,1H3,(H,16,17,18). The van der Waals surface area contributed by atoms with E-state index in [9.17, 15) is 0 Å². The minimum atomic E-state index is 0.650. The normalized spacial score (nSPS) is 10.6. The van der Waals surface area contributed by atoms with Gasteiger partial charge in [0.15, 0.2) is 0 Å². The Bertz CT molecular complexity index is 610. The van der Waals surface area contributed by atoms with Crippen LogP contribution in [0.3, 0.4) is 0 Å². The van der Waals surface area contributed by atoms with Gasteiger partial charge in [0.2, 0.25) is 0 Å². The number of aromatic amines is 1. The van der Waals surface area contributed by atoms with E-state index in [1.165, 1.54) is 0 Å². The molecular formula is C14H15ClN2S2. The smallest absolute Gasteiger partial charge is 0.130 e. The van der Waals surface area contributed by atoms with E-state index in [-0.39, 0.29) is 0 Å². The first-order valence-corrected chi connectivity index (χ1v) is 7.92. The first kappa shape index (κ1) is 14.6. The zero-order valence-corrected chi connectivity index (χ0v) is 13.0. The van der Waals surface area contributed by atoms with Gasteiger partial charge in [0.25, 0.3) is 0 Å². The molecule has 0 spiro atoms. The number of rotatable bonds is 5. The van der Waals surface area contributed by atoms with Crippen LogP contribution in [0.2, 0.25) is 5.02 Å². The molecule has 2 rings (SSSR count). The third kappa shape index (κ3) is 4.34. The Morgan fingerprint density at radius 2 is 2.16 bits per heavy atom. The van der Waals surface area contributed by atoms with E-state index < -0.39 is 0 Å². The molecule has 5 heteroatoms. The number of nitrogens with zero attached hydrogens (tertiary/aromatic N) is 1. The Labute approximate surface area is 127 Å². The van der Waals surface area contributed by atoms with Gasteiger partial charge < -0.3 is 4.98 Å². The van der Waals surface area contributed by atoms with Crippen molar-refractivity contribution >= 4 is 35.6 Å². The molecule has 1 aromatic carbocycles. The van der Waals surface area contributed by atoms with Crippen molar-refractivity contribution in [2.75, 3.05) is 0 Å². The molecule has 1 N–H and O–H groups in total. The fraction of sp³-hybridized carbons (Fsp3) is 0.286. The van der Waals surface area contributed by atoms with E-state index in [2.05, 4.69) is 16.9 Å². The van der Waals surface area contributed by atoms with Crippen LogP contribution >= 0.6 is 35.6 Å². The summed E-state index contributed by atoms with van der Waals surface area (Å²) >= 11 is 13.0. The van der Waals surface area contributed by atoms with E-state index in [1.807, 2.05) is 30.3 Å². The Hall–Kier alpha value is -0.840. The van der Waals surface area contributed by atoms with Crippen LogP contribution in [0.5, 0.6) is 0 Å². The van der Waals surface area contributed by atoms with Crippen molar-refractivity contribution in [2.24, 2.45) is 0 Å². The summed E-state index contributed by atoms with van der Waals surface area (Å²) in [5.41, 5.74) is 1.15. The highest BCUT2D eigenvalue weighted by Gasteiger charge is 2.03. The molecule has 0 saturated heterocycles. The Balaban J connectivity index is 2.11. The minimum absolute atomic E-state index is 0.650. The second kappa shape index (κ2) is 7.08. The lowest BCUT2D eigenvalue weighted by atomic mass is 10.2. The van der Waals surface area contributed by atoms with Crippen molar-refractivity contribution in [3.05, 3.63) is 51.5 Å². The molecule has 0 aliphatic rings. The SMILES string of the molecule is CCCc1cc(=S)nc(CSc2ccccc2Cl)[nH]1. The summed E-state index contributed by atoms with van der Waals surface area (Å²) in [7, 11) is 0. The fourth-order valence-electron chi connectivity index (χ4n) is 1.74. The molecule has 0 unspecified atom stereocenters. The molecule has 19 heavy (non-hydrogen) atoms. The number of aromatic nitrogens is 2. The molecule has 0 aliphatic heterocycles. The van der Waals surface area contributed by atoms with Crippen molar-refractivity contribution in [1.29, 1.82) is 0 Å². The maximum absolute atomic E-state index is 6.13. The van der Waals surface area contributed by atoms with Gasteiger partial charge >= 0.3 is 0 Å². The number of hydrogen-bond acceptors (Lipinski definition) is 3. The molecule has 0 fully saturated rings. The van der Waals surface area contributed by atoms with Gasteiger partial charge in [-0.05, 0) is 24.6 Å². The van der Waals surface area contributed by atoms with Crippen molar-refractivity contribution in [2.45, 2.75) is 30.4 Å². The van der Waals surface area contributed by atoms with Crippen LogP contribution in [0.15, 0.2) is 35.2 Å². The predicted octanol–water partition coefficient (Wildman–Crippen LogP) is 5.04. The summed E-state index contributed by atoms with van der Waals surface area (Å²) < 4.78 is 0.650. The molecule has 2 aromatic rings. The van der Waals surface area contributed by atoms with Gasteiger partial charge in [0.05, 0.1) is 10.8 Å². The third-order valence-electron chi connectivity index (χ3n) is 2.57. The first-order valence-electron chi connectivity index (χ1n) is 6.15. The lowest BCUT2D eigenvalue weighted by Crippen LogP contribution is -1.98. The van der Waals surface area contributed by atoms with Gasteiger partial charge in [-0.25, -0.2) is 4.98 Å².